The standard InChI is InChI=1S/C20H16Cl2N2O4/c1-27-18-9-12(11-23)4-7-17(18)28-20(26)16-3-2-8-24(16)19(25)14-10-13(21)5-6-15(14)22/h4-7,9-10,16H,2-3,8H2,1H3. The third-order valence-electron chi connectivity index (χ3n) is 4.45. The normalized spacial score (nSPS) is 15.8. The van der Waals surface area contributed by atoms with Crippen LogP contribution in [-0.2, 0) is 4.79 Å². The van der Waals surface area contributed by atoms with Crippen molar-refractivity contribution in [3.8, 4) is 17.6 Å². The van der Waals surface area contributed by atoms with Crippen molar-refractivity contribution in [2.75, 3.05) is 13.7 Å². The number of carbonyl (C=O) groups excluding carboxylic acids is 2. The Morgan fingerprint density at radius 1 is 1.18 bits per heavy atom. The van der Waals surface area contributed by atoms with Gasteiger partial charge in [0.25, 0.3) is 5.91 Å². The number of methoxy groups -OCH3 is 1. The molecule has 0 saturated carbocycles. The molecule has 1 atom stereocenters. The van der Waals surface area contributed by atoms with Crippen LogP contribution in [0.4, 0.5) is 0 Å². The maximum atomic E-state index is 12.9. The Hall–Kier alpha value is -2.75. The van der Waals surface area contributed by atoms with Crippen LogP contribution in [0.3, 0.4) is 0 Å². The molecular weight excluding hydrogens is 403 g/mol. The highest BCUT2D eigenvalue weighted by Crippen LogP contribution is 2.31. The van der Waals surface area contributed by atoms with Crippen LogP contribution in [0.5, 0.6) is 11.5 Å². The summed E-state index contributed by atoms with van der Waals surface area (Å²) in [5.41, 5.74) is 0.620. The van der Waals surface area contributed by atoms with Gasteiger partial charge in [0, 0.05) is 17.6 Å². The molecule has 0 bridgehead atoms. The van der Waals surface area contributed by atoms with Crippen LogP contribution in [0.2, 0.25) is 10.0 Å². The Kier molecular flexibility index (Phi) is 6.08. The maximum absolute atomic E-state index is 12.9. The summed E-state index contributed by atoms with van der Waals surface area (Å²) in [5, 5.41) is 9.62. The van der Waals surface area contributed by atoms with E-state index in [0.717, 1.165) is 0 Å². The Morgan fingerprint density at radius 3 is 2.68 bits per heavy atom. The lowest BCUT2D eigenvalue weighted by Crippen LogP contribution is -2.42. The molecule has 2 aromatic carbocycles. The van der Waals surface area contributed by atoms with Crippen molar-refractivity contribution >= 4 is 35.1 Å². The molecule has 1 amide bonds. The van der Waals surface area contributed by atoms with Gasteiger partial charge in [-0.25, -0.2) is 4.79 Å². The number of benzene rings is 2. The molecule has 0 N–H and O–H groups in total. The minimum Gasteiger partial charge on any atom is -0.493 e. The van der Waals surface area contributed by atoms with Crippen molar-refractivity contribution in [1.82, 2.24) is 4.90 Å². The first-order chi connectivity index (χ1) is 13.4. The number of hydrogen-bond acceptors (Lipinski definition) is 5. The Labute approximate surface area is 172 Å². The quantitative estimate of drug-likeness (QED) is 0.551. The summed E-state index contributed by atoms with van der Waals surface area (Å²) in [4.78, 5) is 27.1. The van der Waals surface area contributed by atoms with Crippen LogP contribution in [0.1, 0.15) is 28.8 Å². The molecule has 0 aliphatic carbocycles. The number of nitrogens with zero attached hydrogens (tertiary/aromatic N) is 2. The molecule has 6 nitrogen and oxygen atoms in total. The SMILES string of the molecule is COc1cc(C#N)ccc1OC(=O)C1CCCN1C(=O)c1cc(Cl)ccc1Cl. The van der Waals surface area contributed by atoms with E-state index in [2.05, 4.69) is 0 Å². The Morgan fingerprint density at radius 2 is 1.96 bits per heavy atom. The highest BCUT2D eigenvalue weighted by atomic mass is 35.5. The van der Waals surface area contributed by atoms with E-state index >= 15 is 0 Å². The van der Waals surface area contributed by atoms with Crippen LogP contribution in [0.25, 0.3) is 0 Å². The number of carbonyl (C=O) groups is 2. The second-order valence-corrected chi connectivity index (χ2v) is 7.02. The lowest BCUT2D eigenvalue weighted by Gasteiger charge is -2.24. The number of ether oxygens (including phenoxy) is 2. The maximum Gasteiger partial charge on any atom is 0.334 e. The van der Waals surface area contributed by atoms with Crippen molar-refractivity contribution in [2.24, 2.45) is 0 Å². The summed E-state index contributed by atoms with van der Waals surface area (Å²) in [5.74, 6) is -0.501. The fourth-order valence-electron chi connectivity index (χ4n) is 3.07. The van der Waals surface area contributed by atoms with Crippen LogP contribution in [0.15, 0.2) is 36.4 Å². The molecule has 8 heteroatoms. The van der Waals surface area contributed by atoms with Gasteiger partial charge in [0.15, 0.2) is 11.5 Å². The zero-order chi connectivity index (χ0) is 20.3. The van der Waals surface area contributed by atoms with Crippen LogP contribution >= 0.6 is 23.2 Å². The molecule has 1 aliphatic rings. The molecule has 0 radical (unpaired) electrons. The van der Waals surface area contributed by atoms with E-state index < -0.39 is 12.0 Å². The van der Waals surface area contributed by atoms with Gasteiger partial charge in [0.2, 0.25) is 0 Å². The highest BCUT2D eigenvalue weighted by molar-refractivity contribution is 6.35. The number of likely N-dealkylation sites (tertiary alicyclic amines) is 1. The molecule has 1 saturated heterocycles. The first-order valence-electron chi connectivity index (χ1n) is 8.50. The minimum atomic E-state index is -0.747. The summed E-state index contributed by atoms with van der Waals surface area (Å²) in [7, 11) is 1.42. The van der Waals surface area contributed by atoms with Crippen molar-refractivity contribution < 1.29 is 19.1 Å². The first-order valence-corrected chi connectivity index (χ1v) is 9.26. The fourth-order valence-corrected chi connectivity index (χ4v) is 3.44. The Balaban J connectivity index is 1.81. The average Bonchev–Trinajstić information content (AvgIpc) is 3.19. The number of hydrogen-bond donors (Lipinski definition) is 0. The largest absolute Gasteiger partial charge is 0.493 e. The van der Waals surface area contributed by atoms with Gasteiger partial charge in [0.1, 0.15) is 6.04 Å². The van der Waals surface area contributed by atoms with E-state index in [0.29, 0.717) is 30.0 Å². The molecule has 144 valence electrons. The summed E-state index contributed by atoms with van der Waals surface area (Å²) in [6.45, 7) is 0.409. The molecule has 1 heterocycles. The predicted molar refractivity (Wildman–Crippen MR) is 104 cm³/mol. The summed E-state index contributed by atoms with van der Waals surface area (Å²) in [6, 6.07) is 10.4. The monoisotopic (exact) mass is 418 g/mol. The van der Waals surface area contributed by atoms with Crippen molar-refractivity contribution in [3.63, 3.8) is 0 Å². The summed E-state index contributed by atoms with van der Waals surface area (Å²) in [6.07, 6.45) is 1.13. The number of amides is 1. The van der Waals surface area contributed by atoms with Crippen molar-refractivity contribution in [1.29, 1.82) is 5.26 Å². The zero-order valence-corrected chi connectivity index (χ0v) is 16.5. The van der Waals surface area contributed by atoms with E-state index in [1.54, 1.807) is 12.1 Å². The summed E-state index contributed by atoms with van der Waals surface area (Å²) < 4.78 is 10.6. The van der Waals surface area contributed by atoms with E-state index in [4.69, 9.17) is 37.9 Å². The minimum absolute atomic E-state index is 0.187. The Bertz CT molecular complexity index is 971. The van der Waals surface area contributed by atoms with Crippen molar-refractivity contribution in [3.05, 3.63) is 57.6 Å². The van der Waals surface area contributed by atoms with Gasteiger partial charge in [-0.3, -0.25) is 4.79 Å². The summed E-state index contributed by atoms with van der Waals surface area (Å²) >= 11 is 12.1. The van der Waals surface area contributed by atoms with Gasteiger partial charge in [-0.1, -0.05) is 23.2 Å². The molecule has 0 spiro atoms. The molecule has 3 rings (SSSR count). The van der Waals surface area contributed by atoms with E-state index in [-0.39, 0.29) is 28.0 Å². The third kappa shape index (κ3) is 4.06. The van der Waals surface area contributed by atoms with Crippen LogP contribution in [0, 0.1) is 11.3 Å². The molecule has 28 heavy (non-hydrogen) atoms. The van der Waals surface area contributed by atoms with Gasteiger partial charge >= 0.3 is 5.97 Å². The van der Waals surface area contributed by atoms with Crippen LogP contribution < -0.4 is 9.47 Å². The van der Waals surface area contributed by atoms with Gasteiger partial charge in [-0.2, -0.15) is 5.26 Å². The first kappa shape index (κ1) is 20.0. The van der Waals surface area contributed by atoms with E-state index in [9.17, 15) is 9.59 Å². The number of nitriles is 1. The lowest BCUT2D eigenvalue weighted by molar-refractivity contribution is -0.138. The van der Waals surface area contributed by atoms with Gasteiger partial charge in [-0.15, -0.1) is 0 Å². The lowest BCUT2D eigenvalue weighted by atomic mass is 10.1. The molecule has 0 aromatic heterocycles. The number of rotatable bonds is 4. The predicted octanol–water partition coefficient (Wildman–Crippen LogP) is 4.08. The average molecular weight is 419 g/mol. The fraction of sp³-hybridized carbons (Fsp3) is 0.250. The topological polar surface area (TPSA) is 79.6 Å². The third-order valence-corrected chi connectivity index (χ3v) is 5.01. The number of esters is 1. The van der Waals surface area contributed by atoms with Crippen molar-refractivity contribution in [2.45, 2.75) is 18.9 Å². The molecular formula is C20H16Cl2N2O4. The molecule has 1 fully saturated rings. The molecule has 2 aromatic rings. The van der Waals surface area contributed by atoms with Gasteiger partial charge in [-0.05, 0) is 43.2 Å². The molecule has 1 unspecified atom stereocenters. The smallest absolute Gasteiger partial charge is 0.334 e. The zero-order valence-electron chi connectivity index (χ0n) is 14.9. The van der Waals surface area contributed by atoms with E-state index in [1.165, 1.54) is 36.3 Å². The van der Waals surface area contributed by atoms with E-state index in [1.807, 2.05) is 6.07 Å². The molecule has 1 aliphatic heterocycles. The van der Waals surface area contributed by atoms with Gasteiger partial charge < -0.3 is 14.4 Å². The highest BCUT2D eigenvalue weighted by Gasteiger charge is 2.37. The number of halogens is 2. The second-order valence-electron chi connectivity index (χ2n) is 6.18. The van der Waals surface area contributed by atoms with Gasteiger partial charge in [0.05, 0.1) is 29.3 Å². The second kappa shape index (κ2) is 8.51. The van der Waals surface area contributed by atoms with Crippen LogP contribution in [-0.4, -0.2) is 36.5 Å².